The Morgan fingerprint density at radius 3 is 2.50 bits per heavy atom. The van der Waals surface area contributed by atoms with Crippen LogP contribution in [-0.2, 0) is 4.79 Å². The Bertz CT molecular complexity index is 438. The number of anilines is 1. The molecule has 18 heavy (non-hydrogen) atoms. The van der Waals surface area contributed by atoms with Gasteiger partial charge in [-0.25, -0.2) is 0 Å². The summed E-state index contributed by atoms with van der Waals surface area (Å²) in [6, 6.07) is 6.35. The van der Waals surface area contributed by atoms with Crippen molar-refractivity contribution in [1.29, 1.82) is 0 Å². The molecule has 4 heteroatoms. The Morgan fingerprint density at radius 1 is 1.33 bits per heavy atom. The summed E-state index contributed by atoms with van der Waals surface area (Å²) in [7, 11) is 1.96. The summed E-state index contributed by atoms with van der Waals surface area (Å²) in [6.45, 7) is 5.79. The zero-order valence-corrected chi connectivity index (χ0v) is 11.3. The molecule has 2 rings (SSSR count). The molecular formula is C14H21N3O. The number of rotatable bonds is 2. The van der Waals surface area contributed by atoms with E-state index in [0.717, 1.165) is 16.8 Å². The van der Waals surface area contributed by atoms with E-state index in [0.29, 0.717) is 19.6 Å². The molecule has 0 aromatic heterocycles. The van der Waals surface area contributed by atoms with Crippen LogP contribution in [0.15, 0.2) is 18.2 Å². The standard InChI is InChI=1S/C14H21N3O/c1-10-5-4-6-11(2)14(10)17-8-12(7-15)16(3)9-13(17)18/h4-6,12H,7-9,15H2,1-3H3. The van der Waals surface area contributed by atoms with Crippen molar-refractivity contribution in [3.63, 3.8) is 0 Å². The maximum absolute atomic E-state index is 12.2. The maximum Gasteiger partial charge on any atom is 0.241 e. The number of nitrogens with two attached hydrogens (primary N) is 1. The van der Waals surface area contributed by atoms with Crippen molar-refractivity contribution in [2.45, 2.75) is 19.9 Å². The highest BCUT2D eigenvalue weighted by molar-refractivity contribution is 5.97. The number of carbonyl (C=O) groups excluding carboxylic acids is 1. The second-order valence-electron chi connectivity index (χ2n) is 5.05. The number of benzene rings is 1. The molecule has 0 aliphatic carbocycles. The number of amides is 1. The van der Waals surface area contributed by atoms with Gasteiger partial charge in [-0.05, 0) is 32.0 Å². The summed E-state index contributed by atoms with van der Waals surface area (Å²) < 4.78 is 0. The number of hydrogen-bond donors (Lipinski definition) is 1. The van der Waals surface area contributed by atoms with E-state index in [-0.39, 0.29) is 11.9 Å². The average molecular weight is 247 g/mol. The number of likely N-dealkylation sites (N-methyl/N-ethyl adjacent to an activating group) is 1. The van der Waals surface area contributed by atoms with Crippen LogP contribution in [0.25, 0.3) is 0 Å². The zero-order chi connectivity index (χ0) is 13.3. The third kappa shape index (κ3) is 2.26. The van der Waals surface area contributed by atoms with Gasteiger partial charge in [-0.2, -0.15) is 0 Å². The lowest BCUT2D eigenvalue weighted by molar-refractivity contribution is -0.121. The third-order valence-corrected chi connectivity index (χ3v) is 3.68. The lowest BCUT2D eigenvalue weighted by atomic mass is 10.0. The Morgan fingerprint density at radius 2 is 1.94 bits per heavy atom. The molecule has 1 fully saturated rings. The summed E-state index contributed by atoms with van der Waals surface area (Å²) in [4.78, 5) is 16.1. The molecule has 1 unspecified atom stereocenters. The Kier molecular flexibility index (Phi) is 3.68. The van der Waals surface area contributed by atoms with E-state index in [1.807, 2.05) is 48.9 Å². The normalized spacial score (nSPS) is 21.4. The second-order valence-corrected chi connectivity index (χ2v) is 5.05. The van der Waals surface area contributed by atoms with Crippen LogP contribution in [0.2, 0.25) is 0 Å². The van der Waals surface area contributed by atoms with Gasteiger partial charge in [-0.1, -0.05) is 18.2 Å². The summed E-state index contributed by atoms with van der Waals surface area (Å²) in [6.07, 6.45) is 0. The predicted molar refractivity (Wildman–Crippen MR) is 73.7 cm³/mol. The topological polar surface area (TPSA) is 49.6 Å². The van der Waals surface area contributed by atoms with Gasteiger partial charge in [0.05, 0.1) is 6.54 Å². The quantitative estimate of drug-likeness (QED) is 0.845. The molecule has 0 radical (unpaired) electrons. The highest BCUT2D eigenvalue weighted by Gasteiger charge is 2.30. The number of para-hydroxylation sites is 1. The molecule has 0 saturated carbocycles. The van der Waals surface area contributed by atoms with E-state index >= 15 is 0 Å². The van der Waals surface area contributed by atoms with Gasteiger partial charge < -0.3 is 10.6 Å². The van der Waals surface area contributed by atoms with Crippen LogP contribution in [0.5, 0.6) is 0 Å². The molecule has 1 atom stereocenters. The number of hydrogen-bond acceptors (Lipinski definition) is 3. The molecule has 1 aromatic carbocycles. The maximum atomic E-state index is 12.2. The van der Waals surface area contributed by atoms with Gasteiger partial charge in [0.2, 0.25) is 5.91 Å². The highest BCUT2D eigenvalue weighted by atomic mass is 16.2. The minimum absolute atomic E-state index is 0.152. The summed E-state index contributed by atoms with van der Waals surface area (Å²) in [5.41, 5.74) is 9.11. The van der Waals surface area contributed by atoms with E-state index in [9.17, 15) is 4.79 Å². The number of aryl methyl sites for hydroxylation is 2. The van der Waals surface area contributed by atoms with E-state index < -0.39 is 0 Å². The molecule has 2 N–H and O–H groups in total. The average Bonchev–Trinajstić information content (AvgIpc) is 2.31. The van der Waals surface area contributed by atoms with Crippen molar-refractivity contribution < 1.29 is 4.79 Å². The summed E-state index contributed by atoms with van der Waals surface area (Å²) in [5.74, 6) is 0.152. The van der Waals surface area contributed by atoms with E-state index in [1.165, 1.54) is 0 Å². The van der Waals surface area contributed by atoms with Crippen molar-refractivity contribution in [2.75, 3.05) is 31.6 Å². The number of carbonyl (C=O) groups is 1. The van der Waals surface area contributed by atoms with E-state index in [1.54, 1.807) is 0 Å². The molecule has 1 aromatic rings. The first-order valence-electron chi connectivity index (χ1n) is 6.31. The molecule has 98 valence electrons. The van der Waals surface area contributed by atoms with Crippen molar-refractivity contribution >= 4 is 11.6 Å². The molecule has 1 saturated heterocycles. The lowest BCUT2D eigenvalue weighted by Gasteiger charge is -2.39. The largest absolute Gasteiger partial charge is 0.329 e. The van der Waals surface area contributed by atoms with Crippen LogP contribution in [0.4, 0.5) is 5.69 Å². The van der Waals surface area contributed by atoms with Crippen molar-refractivity contribution in [3.8, 4) is 0 Å². The van der Waals surface area contributed by atoms with Gasteiger partial charge >= 0.3 is 0 Å². The Hall–Kier alpha value is -1.39. The molecule has 0 spiro atoms. The first kappa shape index (κ1) is 13.1. The van der Waals surface area contributed by atoms with Crippen LogP contribution in [0.3, 0.4) is 0 Å². The molecule has 4 nitrogen and oxygen atoms in total. The highest BCUT2D eigenvalue weighted by Crippen LogP contribution is 2.27. The minimum atomic E-state index is 0.152. The van der Waals surface area contributed by atoms with E-state index in [2.05, 4.69) is 0 Å². The fourth-order valence-electron chi connectivity index (χ4n) is 2.58. The van der Waals surface area contributed by atoms with Crippen LogP contribution in [-0.4, -0.2) is 43.5 Å². The lowest BCUT2D eigenvalue weighted by Crippen LogP contribution is -2.57. The van der Waals surface area contributed by atoms with Crippen LogP contribution in [0.1, 0.15) is 11.1 Å². The third-order valence-electron chi connectivity index (χ3n) is 3.68. The minimum Gasteiger partial charge on any atom is -0.329 e. The monoisotopic (exact) mass is 247 g/mol. The summed E-state index contributed by atoms with van der Waals surface area (Å²) >= 11 is 0. The van der Waals surface area contributed by atoms with Gasteiger partial charge in [0.25, 0.3) is 0 Å². The summed E-state index contributed by atoms with van der Waals surface area (Å²) in [5, 5.41) is 0. The molecule has 0 bridgehead atoms. The zero-order valence-electron chi connectivity index (χ0n) is 11.3. The van der Waals surface area contributed by atoms with Crippen LogP contribution < -0.4 is 10.6 Å². The fourth-order valence-corrected chi connectivity index (χ4v) is 2.58. The number of piperazine rings is 1. The van der Waals surface area contributed by atoms with Crippen molar-refractivity contribution in [3.05, 3.63) is 29.3 Å². The van der Waals surface area contributed by atoms with E-state index in [4.69, 9.17) is 5.73 Å². The van der Waals surface area contributed by atoms with Crippen LogP contribution in [0, 0.1) is 13.8 Å². The predicted octanol–water partition coefficient (Wildman–Crippen LogP) is 0.909. The van der Waals surface area contributed by atoms with Crippen molar-refractivity contribution in [2.24, 2.45) is 5.73 Å². The second kappa shape index (κ2) is 5.08. The molecule has 1 aliphatic heterocycles. The van der Waals surface area contributed by atoms with Gasteiger partial charge in [0.1, 0.15) is 0 Å². The molecule has 1 heterocycles. The fraction of sp³-hybridized carbons (Fsp3) is 0.500. The molecular weight excluding hydrogens is 226 g/mol. The Balaban J connectivity index is 2.35. The Labute approximate surface area is 108 Å². The first-order valence-corrected chi connectivity index (χ1v) is 6.31. The SMILES string of the molecule is Cc1cccc(C)c1N1CC(CN)N(C)CC1=O. The number of nitrogens with zero attached hydrogens (tertiary/aromatic N) is 2. The van der Waals surface area contributed by atoms with Gasteiger partial charge in [0, 0.05) is 24.8 Å². The van der Waals surface area contributed by atoms with Gasteiger partial charge in [-0.3, -0.25) is 9.69 Å². The molecule has 1 amide bonds. The smallest absolute Gasteiger partial charge is 0.241 e. The molecule has 1 aliphatic rings. The van der Waals surface area contributed by atoms with Crippen molar-refractivity contribution in [1.82, 2.24) is 4.90 Å². The first-order chi connectivity index (χ1) is 8.54. The van der Waals surface area contributed by atoms with Crippen LogP contribution >= 0.6 is 0 Å². The van der Waals surface area contributed by atoms with Gasteiger partial charge in [-0.15, -0.1) is 0 Å². The van der Waals surface area contributed by atoms with Gasteiger partial charge in [0.15, 0.2) is 0 Å².